The lowest BCUT2D eigenvalue weighted by Crippen LogP contribution is -2.25. The average molecular weight is 486 g/mol. The van der Waals surface area contributed by atoms with E-state index in [2.05, 4.69) is 0 Å². The number of nitrogens with two attached hydrogens (primary N) is 4. The molecule has 28 heavy (non-hydrogen) atoms. The smallest absolute Gasteiger partial charge is 0.142 e. The molecular weight excluding hydrogens is 458 g/mol. The third-order valence-corrected chi connectivity index (χ3v) is 2.93. The largest absolute Gasteiger partial charge is 0.489 e. The van der Waals surface area contributed by atoms with E-state index in [1.807, 2.05) is 0 Å². The van der Waals surface area contributed by atoms with Gasteiger partial charge in [0.1, 0.15) is 30.8 Å². The van der Waals surface area contributed by atoms with E-state index < -0.39 is 6.10 Å². The number of rotatable bonds is 6. The van der Waals surface area contributed by atoms with Gasteiger partial charge in [0.2, 0.25) is 0 Å². The number of nitrogen functional groups attached to an aromatic ring is 4. The van der Waals surface area contributed by atoms with Gasteiger partial charge in [-0.3, -0.25) is 0 Å². The van der Waals surface area contributed by atoms with Crippen molar-refractivity contribution in [3.05, 3.63) is 36.4 Å². The van der Waals surface area contributed by atoms with E-state index >= 15 is 0 Å². The first kappa shape index (κ1) is 37.1. The number of aliphatic hydroxyl groups excluding tert-OH is 1. The Morgan fingerprint density at radius 1 is 0.679 bits per heavy atom. The number of halogens is 4. The van der Waals surface area contributed by atoms with Crippen molar-refractivity contribution in [2.24, 2.45) is 0 Å². The molecule has 0 saturated carbocycles. The second-order valence-electron chi connectivity index (χ2n) is 4.87. The molecule has 0 aliphatic heterocycles. The fourth-order valence-electron chi connectivity index (χ4n) is 1.82. The molecule has 0 spiro atoms. The van der Waals surface area contributed by atoms with Gasteiger partial charge in [-0.2, -0.15) is 0 Å². The van der Waals surface area contributed by atoms with Crippen LogP contribution in [0.5, 0.6) is 11.5 Å². The highest BCUT2D eigenvalue weighted by Crippen LogP contribution is 2.25. The van der Waals surface area contributed by atoms with Crippen LogP contribution in [0.15, 0.2) is 36.4 Å². The topological polar surface area (TPSA) is 206 Å². The molecule has 0 atom stereocenters. The third kappa shape index (κ3) is 11.2. The van der Waals surface area contributed by atoms with Crippen LogP contribution in [-0.2, 0) is 0 Å². The van der Waals surface area contributed by atoms with Gasteiger partial charge in [0, 0.05) is 11.4 Å². The molecule has 0 radical (unpaired) electrons. The molecule has 2 rings (SSSR count). The van der Waals surface area contributed by atoms with Crippen LogP contribution >= 0.6 is 49.6 Å². The first-order chi connectivity index (χ1) is 10.5. The van der Waals surface area contributed by atoms with Crippen LogP contribution in [0.3, 0.4) is 0 Å². The number of aliphatic hydroxyl groups is 1. The van der Waals surface area contributed by atoms with Crippen molar-refractivity contribution in [2.75, 3.05) is 36.1 Å². The standard InChI is InChI=1S/C15H20N4O3.4ClH.2H2O/c16-9-1-3-14(12(18)5-9)21-7-11(20)8-22-15-4-2-10(17)6-13(15)19;;;;;;/h1-6,11,20H,7-8,16-19H2;4*1H;2*1H2. The third-order valence-electron chi connectivity index (χ3n) is 2.93. The van der Waals surface area contributed by atoms with Crippen molar-refractivity contribution in [2.45, 2.75) is 6.10 Å². The maximum Gasteiger partial charge on any atom is 0.142 e. The first-order valence-electron chi connectivity index (χ1n) is 6.69. The summed E-state index contributed by atoms with van der Waals surface area (Å²) in [6, 6.07) is 9.82. The summed E-state index contributed by atoms with van der Waals surface area (Å²) in [5.74, 6) is 0.917. The molecule has 0 unspecified atom stereocenters. The van der Waals surface area contributed by atoms with Gasteiger partial charge in [0.25, 0.3) is 0 Å². The van der Waals surface area contributed by atoms with Crippen LogP contribution in [0.2, 0.25) is 0 Å². The monoisotopic (exact) mass is 484 g/mol. The van der Waals surface area contributed by atoms with E-state index in [0.29, 0.717) is 34.2 Å². The van der Waals surface area contributed by atoms with Gasteiger partial charge in [0.15, 0.2) is 0 Å². The highest BCUT2D eigenvalue weighted by atomic mass is 35.5. The molecule has 0 aromatic heterocycles. The zero-order valence-corrected chi connectivity index (χ0v) is 17.9. The minimum absolute atomic E-state index is 0. The van der Waals surface area contributed by atoms with Crippen molar-refractivity contribution < 1.29 is 25.5 Å². The normalized spacial score (nSPS) is 8.36. The number of hydrogen-bond acceptors (Lipinski definition) is 7. The molecule has 0 saturated heterocycles. The van der Waals surface area contributed by atoms with Crippen LogP contribution in [0.1, 0.15) is 0 Å². The lowest BCUT2D eigenvalue weighted by atomic mass is 10.2. The van der Waals surface area contributed by atoms with Gasteiger partial charge in [-0.25, -0.2) is 0 Å². The van der Waals surface area contributed by atoms with Crippen LogP contribution in [-0.4, -0.2) is 35.4 Å². The van der Waals surface area contributed by atoms with Crippen LogP contribution in [0.4, 0.5) is 22.7 Å². The number of ether oxygens (including phenoxy) is 2. The van der Waals surface area contributed by atoms with E-state index in [1.54, 1.807) is 36.4 Å². The molecule has 13 heteroatoms. The molecule has 166 valence electrons. The highest BCUT2D eigenvalue weighted by Gasteiger charge is 2.10. The Balaban J connectivity index is -0.000000294. The molecule has 2 aromatic carbocycles. The van der Waals surface area contributed by atoms with Gasteiger partial charge in [0.05, 0.1) is 11.4 Å². The zero-order valence-electron chi connectivity index (χ0n) is 14.7. The van der Waals surface area contributed by atoms with Crippen molar-refractivity contribution in [3.63, 3.8) is 0 Å². The molecule has 0 fully saturated rings. The molecule has 0 heterocycles. The second-order valence-corrected chi connectivity index (χ2v) is 4.87. The van der Waals surface area contributed by atoms with E-state index in [0.717, 1.165) is 0 Å². The Bertz CT molecular complexity index is 615. The summed E-state index contributed by atoms with van der Waals surface area (Å²) in [5, 5.41) is 9.88. The van der Waals surface area contributed by atoms with Gasteiger partial charge in [-0.15, -0.1) is 49.6 Å². The Labute approximate surface area is 188 Å². The van der Waals surface area contributed by atoms with Crippen molar-refractivity contribution in [1.82, 2.24) is 0 Å². The minimum Gasteiger partial charge on any atom is -0.489 e. The summed E-state index contributed by atoms with van der Waals surface area (Å²) < 4.78 is 10.9. The predicted octanol–water partition coefficient (Wildman–Crippen LogP) is 0.872. The molecule has 13 N–H and O–H groups in total. The minimum atomic E-state index is -0.839. The zero-order chi connectivity index (χ0) is 16.1. The van der Waals surface area contributed by atoms with Crippen LogP contribution in [0, 0.1) is 0 Å². The summed E-state index contributed by atoms with van der Waals surface area (Å²) in [4.78, 5) is 0. The summed E-state index contributed by atoms with van der Waals surface area (Å²) in [7, 11) is 0. The van der Waals surface area contributed by atoms with E-state index in [9.17, 15) is 5.11 Å². The van der Waals surface area contributed by atoms with Crippen LogP contribution in [0.25, 0.3) is 0 Å². The molecule has 0 aliphatic carbocycles. The lowest BCUT2D eigenvalue weighted by molar-refractivity contribution is 0.0632. The maximum absolute atomic E-state index is 9.88. The van der Waals surface area contributed by atoms with Gasteiger partial charge in [-0.1, -0.05) is 0 Å². The summed E-state index contributed by atoms with van der Waals surface area (Å²) in [5.41, 5.74) is 24.6. The average Bonchev–Trinajstić information content (AvgIpc) is 2.45. The Morgan fingerprint density at radius 3 is 1.29 bits per heavy atom. The van der Waals surface area contributed by atoms with E-state index in [4.69, 9.17) is 32.4 Å². The highest BCUT2D eigenvalue weighted by molar-refractivity contribution is 5.86. The Morgan fingerprint density at radius 2 is 1.00 bits per heavy atom. The molecule has 0 aliphatic rings. The molecule has 2 aromatic rings. The predicted molar refractivity (Wildman–Crippen MR) is 124 cm³/mol. The summed E-state index contributed by atoms with van der Waals surface area (Å²) in [6.07, 6.45) is -0.839. The first-order valence-corrected chi connectivity index (χ1v) is 6.69. The fourth-order valence-corrected chi connectivity index (χ4v) is 1.82. The van der Waals surface area contributed by atoms with Gasteiger partial charge >= 0.3 is 0 Å². The quantitative estimate of drug-likeness (QED) is 0.372. The Hall–Kier alpha value is -1.72. The SMILES string of the molecule is Cl.Cl.Cl.Cl.Nc1ccc(OCC(O)COc2ccc(N)cc2N)c(N)c1.O.O. The molecule has 9 nitrogen and oxygen atoms in total. The van der Waals surface area contributed by atoms with Crippen LogP contribution < -0.4 is 32.4 Å². The van der Waals surface area contributed by atoms with E-state index in [-0.39, 0.29) is 73.8 Å². The molecular formula is C15H28Cl4N4O5. The van der Waals surface area contributed by atoms with Gasteiger partial charge < -0.3 is 48.5 Å². The Kier molecular flexibility index (Phi) is 23.0. The number of benzene rings is 2. The second kappa shape index (κ2) is 17.4. The van der Waals surface area contributed by atoms with Crippen molar-refractivity contribution in [3.8, 4) is 11.5 Å². The molecule has 0 bridgehead atoms. The van der Waals surface area contributed by atoms with Crippen molar-refractivity contribution in [1.29, 1.82) is 0 Å². The summed E-state index contributed by atoms with van der Waals surface area (Å²) >= 11 is 0. The number of hydrogen-bond donors (Lipinski definition) is 5. The van der Waals surface area contributed by atoms with Crippen molar-refractivity contribution >= 4 is 72.4 Å². The maximum atomic E-state index is 9.88. The van der Waals surface area contributed by atoms with E-state index in [1.165, 1.54) is 0 Å². The lowest BCUT2D eigenvalue weighted by Gasteiger charge is -2.15. The summed E-state index contributed by atoms with van der Waals surface area (Å²) in [6.45, 7) is 0.0615. The van der Waals surface area contributed by atoms with Gasteiger partial charge in [-0.05, 0) is 36.4 Å². The molecule has 0 amide bonds. The number of anilines is 4. The fraction of sp³-hybridized carbons (Fsp3) is 0.200.